The summed E-state index contributed by atoms with van der Waals surface area (Å²) in [6.45, 7) is 6.69. The molecule has 0 saturated heterocycles. The van der Waals surface area contributed by atoms with Gasteiger partial charge in [-0.2, -0.15) is 0 Å². The van der Waals surface area contributed by atoms with Crippen molar-refractivity contribution in [3.05, 3.63) is 36.5 Å². The molecule has 2 radical (unpaired) electrons. The second-order valence-electron chi connectivity index (χ2n) is 2.42. The summed E-state index contributed by atoms with van der Waals surface area (Å²) >= 11 is 0. The van der Waals surface area contributed by atoms with Gasteiger partial charge in [-0.15, -0.1) is 0 Å². The van der Waals surface area contributed by atoms with E-state index >= 15 is 0 Å². The number of benzene rings is 1. The Bertz CT molecular complexity index is 309. The Hall–Kier alpha value is -1.38. The van der Waals surface area contributed by atoms with Gasteiger partial charge in [-0.1, -0.05) is 6.07 Å². The number of hydrogen-bond acceptors (Lipinski definition) is 1. The number of carbonyl (C=O) groups excluding carboxylic acids is 1. The number of amides is 1. The van der Waals surface area contributed by atoms with Crippen molar-refractivity contribution in [2.75, 3.05) is 5.32 Å². The third-order valence-corrected chi connectivity index (χ3v) is 1.30. The summed E-state index contributed by atoms with van der Waals surface area (Å²) in [6.07, 6.45) is 0. The smallest absolute Gasteiger partial charge is 0.221 e. The summed E-state index contributed by atoms with van der Waals surface area (Å²) in [6, 6.07) is 4.01. The Morgan fingerprint density at radius 2 is 2.25 bits per heavy atom. The molecule has 0 atom stereocenters. The topological polar surface area (TPSA) is 29.1 Å². The Morgan fingerprint density at radius 1 is 1.58 bits per heavy atom. The third kappa shape index (κ3) is 2.05. The molecule has 0 heterocycles. The van der Waals surface area contributed by atoms with Crippen molar-refractivity contribution in [1.29, 1.82) is 0 Å². The number of carbonyl (C=O) groups is 1. The molecule has 0 bridgehead atoms. The molecule has 0 aliphatic carbocycles. The van der Waals surface area contributed by atoms with Gasteiger partial charge in [0.1, 0.15) is 5.82 Å². The molecule has 0 unspecified atom stereocenters. The van der Waals surface area contributed by atoms with Crippen LogP contribution in [-0.2, 0) is 4.79 Å². The molecule has 0 aromatic heterocycles. The van der Waals surface area contributed by atoms with Gasteiger partial charge < -0.3 is 5.32 Å². The molecule has 2 nitrogen and oxygen atoms in total. The van der Waals surface area contributed by atoms with Gasteiger partial charge in [0.25, 0.3) is 0 Å². The summed E-state index contributed by atoms with van der Waals surface area (Å²) < 4.78 is 12.9. The average molecular weight is 165 g/mol. The molecule has 62 valence electrons. The maximum Gasteiger partial charge on any atom is 0.221 e. The fourth-order valence-corrected chi connectivity index (χ4v) is 0.828. The first-order chi connectivity index (χ1) is 5.59. The number of hydrogen-bond donors (Lipinski definition) is 1. The number of anilines is 1. The zero-order valence-corrected chi connectivity index (χ0v) is 6.60. The largest absolute Gasteiger partial charge is 0.324 e. The first-order valence-corrected chi connectivity index (χ1v) is 3.42. The van der Waals surface area contributed by atoms with Crippen LogP contribution >= 0.6 is 0 Å². The lowest BCUT2D eigenvalue weighted by Gasteiger charge is -2.03. The first-order valence-electron chi connectivity index (χ1n) is 3.42. The van der Waals surface area contributed by atoms with Crippen LogP contribution in [0.15, 0.2) is 18.2 Å². The van der Waals surface area contributed by atoms with Crippen LogP contribution in [0.1, 0.15) is 12.5 Å². The molecule has 0 aliphatic rings. The summed E-state index contributed by atoms with van der Waals surface area (Å²) in [4.78, 5) is 10.6. The Morgan fingerprint density at radius 3 is 2.83 bits per heavy atom. The highest BCUT2D eigenvalue weighted by atomic mass is 19.1. The third-order valence-electron chi connectivity index (χ3n) is 1.30. The summed E-state index contributed by atoms with van der Waals surface area (Å²) in [5, 5.41) is 2.32. The van der Waals surface area contributed by atoms with Crippen molar-refractivity contribution in [3.63, 3.8) is 0 Å². The van der Waals surface area contributed by atoms with Crippen LogP contribution in [0.2, 0.25) is 0 Å². The van der Waals surface area contributed by atoms with Crippen molar-refractivity contribution < 1.29 is 9.18 Å². The Kier molecular flexibility index (Phi) is 2.43. The quantitative estimate of drug-likeness (QED) is 0.675. The number of rotatable bonds is 1. The molecule has 1 N–H and O–H groups in total. The van der Waals surface area contributed by atoms with Gasteiger partial charge in [-0.05, 0) is 24.6 Å². The molecule has 0 aliphatic heterocycles. The summed E-state index contributed by atoms with van der Waals surface area (Å²) in [5.74, 6) is -0.807. The molecule has 0 saturated carbocycles. The van der Waals surface area contributed by atoms with Crippen molar-refractivity contribution in [1.82, 2.24) is 0 Å². The van der Waals surface area contributed by atoms with Crippen LogP contribution in [-0.4, -0.2) is 5.91 Å². The van der Waals surface area contributed by atoms with Gasteiger partial charge in [0.05, 0.1) is 5.69 Å². The second-order valence-corrected chi connectivity index (χ2v) is 2.42. The number of halogens is 1. The molecule has 1 aromatic carbocycles. The lowest BCUT2D eigenvalue weighted by atomic mass is 10.2. The van der Waals surface area contributed by atoms with E-state index in [4.69, 9.17) is 6.92 Å². The summed E-state index contributed by atoms with van der Waals surface area (Å²) in [7, 11) is 0. The highest BCUT2D eigenvalue weighted by Crippen LogP contribution is 2.14. The SMILES string of the molecule is [CH]c1ccc(F)c(NC(C)=O)c1. The molecule has 3 heteroatoms. The minimum absolute atomic E-state index is 0.113. The van der Waals surface area contributed by atoms with Crippen LogP contribution in [0.3, 0.4) is 0 Å². The fraction of sp³-hybridized carbons (Fsp3) is 0.111. The second kappa shape index (κ2) is 3.34. The number of nitrogens with one attached hydrogen (secondary N) is 1. The lowest BCUT2D eigenvalue weighted by Crippen LogP contribution is -2.07. The highest BCUT2D eigenvalue weighted by Gasteiger charge is 2.02. The van der Waals surface area contributed by atoms with Gasteiger partial charge in [-0.25, -0.2) is 4.39 Å². The Balaban J connectivity index is 2.97. The van der Waals surface area contributed by atoms with Crippen LogP contribution in [0.25, 0.3) is 0 Å². The fourth-order valence-electron chi connectivity index (χ4n) is 0.828. The summed E-state index contributed by atoms with van der Waals surface area (Å²) in [5.41, 5.74) is 0.530. The van der Waals surface area contributed by atoms with Gasteiger partial charge in [0, 0.05) is 6.92 Å². The van der Waals surface area contributed by atoms with E-state index in [1.54, 1.807) is 0 Å². The minimum atomic E-state index is -0.487. The van der Waals surface area contributed by atoms with Crippen molar-refractivity contribution in [3.8, 4) is 0 Å². The predicted octanol–water partition coefficient (Wildman–Crippen LogP) is 1.84. The van der Waals surface area contributed by atoms with E-state index in [0.29, 0.717) is 5.56 Å². The molecule has 1 rings (SSSR count). The highest BCUT2D eigenvalue weighted by molar-refractivity contribution is 5.88. The molecule has 0 fully saturated rings. The normalized spacial score (nSPS) is 9.58. The van der Waals surface area contributed by atoms with E-state index < -0.39 is 5.82 Å². The van der Waals surface area contributed by atoms with Crippen LogP contribution in [0.4, 0.5) is 10.1 Å². The minimum Gasteiger partial charge on any atom is -0.324 e. The van der Waals surface area contributed by atoms with E-state index in [0.717, 1.165) is 0 Å². The van der Waals surface area contributed by atoms with Crippen LogP contribution in [0, 0.1) is 12.7 Å². The zero-order valence-electron chi connectivity index (χ0n) is 6.60. The molecule has 12 heavy (non-hydrogen) atoms. The molecular formula is C9H8FNO. The lowest BCUT2D eigenvalue weighted by molar-refractivity contribution is -0.114. The predicted molar refractivity (Wildman–Crippen MR) is 44.1 cm³/mol. The van der Waals surface area contributed by atoms with Gasteiger partial charge in [0.2, 0.25) is 5.91 Å². The van der Waals surface area contributed by atoms with Crippen molar-refractivity contribution in [2.45, 2.75) is 6.92 Å². The monoisotopic (exact) mass is 165 g/mol. The van der Waals surface area contributed by atoms with Crippen molar-refractivity contribution >= 4 is 11.6 Å². The average Bonchev–Trinajstić information content (AvgIpc) is 1.96. The van der Waals surface area contributed by atoms with E-state index in [9.17, 15) is 9.18 Å². The van der Waals surface area contributed by atoms with E-state index in [-0.39, 0.29) is 11.6 Å². The zero-order chi connectivity index (χ0) is 9.14. The Labute approximate surface area is 70.4 Å². The molecular weight excluding hydrogens is 157 g/mol. The van der Waals surface area contributed by atoms with E-state index in [1.807, 2.05) is 0 Å². The molecule has 0 spiro atoms. The maximum atomic E-state index is 12.9. The van der Waals surface area contributed by atoms with Crippen LogP contribution in [0.5, 0.6) is 0 Å². The molecule has 1 aromatic rings. The van der Waals surface area contributed by atoms with Gasteiger partial charge in [0.15, 0.2) is 0 Å². The van der Waals surface area contributed by atoms with Gasteiger partial charge in [-0.3, -0.25) is 4.79 Å². The standard InChI is InChI=1S/C9H8FNO/c1-6-3-4-8(10)9(5-6)11-7(2)12/h1,3-5H,2H3,(H,11,12). The maximum absolute atomic E-state index is 12.9. The van der Waals surface area contributed by atoms with Crippen LogP contribution < -0.4 is 5.32 Å². The van der Waals surface area contributed by atoms with E-state index in [2.05, 4.69) is 5.32 Å². The molecule has 1 amide bonds. The van der Waals surface area contributed by atoms with E-state index in [1.165, 1.54) is 25.1 Å². The van der Waals surface area contributed by atoms with Crippen molar-refractivity contribution in [2.24, 2.45) is 0 Å². The first kappa shape index (κ1) is 8.71. The van der Waals surface area contributed by atoms with Gasteiger partial charge >= 0.3 is 0 Å².